The van der Waals surface area contributed by atoms with Crippen LogP contribution in [0.5, 0.6) is 0 Å². The van der Waals surface area contributed by atoms with Crippen molar-refractivity contribution in [3.8, 4) is 0 Å². The Balaban J connectivity index is 2.14. The molecule has 17 heavy (non-hydrogen) atoms. The Hall–Kier alpha value is -1.06. The molecule has 4 heteroatoms. The van der Waals surface area contributed by atoms with Crippen molar-refractivity contribution in [3.05, 3.63) is 34.9 Å². The Morgan fingerprint density at radius 1 is 1.24 bits per heavy atom. The zero-order valence-corrected chi connectivity index (χ0v) is 10.9. The maximum absolute atomic E-state index is 11.4. The number of hydrogen-bond acceptors (Lipinski definition) is 2. The second kappa shape index (κ2) is 8.09. The van der Waals surface area contributed by atoms with E-state index in [0.717, 1.165) is 24.4 Å². The maximum Gasteiger partial charge on any atom is 0.220 e. The molecular weight excluding hydrogens is 236 g/mol. The fourth-order valence-corrected chi connectivity index (χ4v) is 1.64. The number of benzene rings is 1. The summed E-state index contributed by atoms with van der Waals surface area (Å²) in [5.74, 6) is 0.120. The van der Waals surface area contributed by atoms with Crippen molar-refractivity contribution < 1.29 is 4.79 Å². The van der Waals surface area contributed by atoms with Gasteiger partial charge in [-0.25, -0.2) is 0 Å². The number of rotatable bonds is 7. The summed E-state index contributed by atoms with van der Waals surface area (Å²) in [7, 11) is 1.89. The molecule has 3 nitrogen and oxygen atoms in total. The summed E-state index contributed by atoms with van der Waals surface area (Å²) in [5.41, 5.74) is 1.19. The van der Waals surface area contributed by atoms with E-state index in [-0.39, 0.29) is 5.91 Å². The predicted octanol–water partition coefficient (Wildman–Crippen LogP) is 2.00. The number of carbonyl (C=O) groups is 1. The van der Waals surface area contributed by atoms with E-state index >= 15 is 0 Å². The Bertz CT molecular complexity index is 338. The number of carbonyl (C=O) groups excluding carboxylic acids is 1. The van der Waals surface area contributed by atoms with Gasteiger partial charge in [0.25, 0.3) is 0 Å². The minimum Gasteiger partial charge on any atom is -0.356 e. The van der Waals surface area contributed by atoms with E-state index in [4.69, 9.17) is 11.6 Å². The summed E-state index contributed by atoms with van der Waals surface area (Å²) in [5, 5.41) is 6.66. The average Bonchev–Trinajstić information content (AvgIpc) is 2.32. The fraction of sp³-hybridized carbons (Fsp3) is 0.462. The first-order valence-electron chi connectivity index (χ1n) is 5.88. The van der Waals surface area contributed by atoms with Gasteiger partial charge in [0, 0.05) is 18.0 Å². The molecule has 0 heterocycles. The van der Waals surface area contributed by atoms with Gasteiger partial charge in [0.2, 0.25) is 5.91 Å². The number of hydrogen-bond donors (Lipinski definition) is 2. The van der Waals surface area contributed by atoms with E-state index in [1.54, 1.807) is 0 Å². The first-order valence-corrected chi connectivity index (χ1v) is 6.26. The molecule has 0 saturated carbocycles. The molecule has 0 fully saturated rings. The van der Waals surface area contributed by atoms with Gasteiger partial charge in [-0.1, -0.05) is 23.7 Å². The monoisotopic (exact) mass is 254 g/mol. The lowest BCUT2D eigenvalue weighted by molar-refractivity contribution is -0.121. The fourth-order valence-electron chi connectivity index (χ4n) is 1.51. The van der Waals surface area contributed by atoms with Gasteiger partial charge in [-0.05, 0) is 44.1 Å². The van der Waals surface area contributed by atoms with Crippen LogP contribution < -0.4 is 10.6 Å². The van der Waals surface area contributed by atoms with Crippen LogP contribution in [-0.2, 0) is 11.2 Å². The standard InChI is InChI=1S/C13H19ClN2O/c1-15-9-2-3-13(17)16-10-8-11-4-6-12(14)7-5-11/h4-7,15H,2-3,8-10H2,1H3,(H,16,17). The van der Waals surface area contributed by atoms with Crippen LogP contribution in [-0.4, -0.2) is 26.0 Å². The Kier molecular flexibility index (Phi) is 6.67. The summed E-state index contributed by atoms with van der Waals surface area (Å²) in [6.45, 7) is 1.56. The Morgan fingerprint density at radius 2 is 1.94 bits per heavy atom. The van der Waals surface area contributed by atoms with Crippen LogP contribution in [0.2, 0.25) is 5.02 Å². The van der Waals surface area contributed by atoms with E-state index in [0.29, 0.717) is 13.0 Å². The lowest BCUT2D eigenvalue weighted by Gasteiger charge is -2.05. The zero-order chi connectivity index (χ0) is 12.5. The third-order valence-corrected chi connectivity index (χ3v) is 2.73. The van der Waals surface area contributed by atoms with Crippen LogP contribution in [0.15, 0.2) is 24.3 Å². The molecule has 1 aromatic rings. The average molecular weight is 255 g/mol. The first-order chi connectivity index (χ1) is 8.22. The van der Waals surface area contributed by atoms with Crippen molar-refractivity contribution in [1.82, 2.24) is 10.6 Å². The van der Waals surface area contributed by atoms with Crippen molar-refractivity contribution in [3.63, 3.8) is 0 Å². The predicted molar refractivity (Wildman–Crippen MR) is 71.3 cm³/mol. The van der Waals surface area contributed by atoms with E-state index in [9.17, 15) is 4.79 Å². The molecule has 0 aliphatic carbocycles. The van der Waals surface area contributed by atoms with Crippen LogP contribution in [0.4, 0.5) is 0 Å². The van der Waals surface area contributed by atoms with Crippen molar-refractivity contribution in [1.29, 1.82) is 0 Å². The topological polar surface area (TPSA) is 41.1 Å². The van der Waals surface area contributed by atoms with Crippen LogP contribution in [0, 0.1) is 0 Å². The zero-order valence-electron chi connectivity index (χ0n) is 10.1. The molecule has 0 atom stereocenters. The van der Waals surface area contributed by atoms with Gasteiger partial charge in [0.05, 0.1) is 0 Å². The van der Waals surface area contributed by atoms with Crippen molar-refractivity contribution >= 4 is 17.5 Å². The van der Waals surface area contributed by atoms with Crippen molar-refractivity contribution in [2.24, 2.45) is 0 Å². The van der Waals surface area contributed by atoms with E-state index in [2.05, 4.69) is 10.6 Å². The number of halogens is 1. The molecule has 0 saturated heterocycles. The second-order valence-electron chi connectivity index (χ2n) is 3.93. The highest BCUT2D eigenvalue weighted by Crippen LogP contribution is 2.09. The molecule has 0 aromatic heterocycles. The third-order valence-electron chi connectivity index (χ3n) is 2.48. The van der Waals surface area contributed by atoms with Crippen molar-refractivity contribution in [2.45, 2.75) is 19.3 Å². The minimum atomic E-state index is 0.120. The van der Waals surface area contributed by atoms with E-state index in [1.165, 1.54) is 5.56 Å². The van der Waals surface area contributed by atoms with Gasteiger partial charge in [-0.2, -0.15) is 0 Å². The van der Waals surface area contributed by atoms with Gasteiger partial charge in [-0.3, -0.25) is 4.79 Å². The Morgan fingerprint density at radius 3 is 2.59 bits per heavy atom. The number of nitrogens with one attached hydrogen (secondary N) is 2. The summed E-state index contributed by atoms with van der Waals surface area (Å²) < 4.78 is 0. The highest BCUT2D eigenvalue weighted by atomic mass is 35.5. The lowest BCUT2D eigenvalue weighted by Crippen LogP contribution is -2.26. The molecule has 94 valence electrons. The quantitative estimate of drug-likeness (QED) is 0.731. The summed E-state index contributed by atoms with van der Waals surface area (Å²) >= 11 is 5.79. The molecule has 0 aliphatic heterocycles. The highest BCUT2D eigenvalue weighted by molar-refractivity contribution is 6.30. The number of amides is 1. The minimum absolute atomic E-state index is 0.120. The third kappa shape index (κ3) is 6.29. The molecule has 0 radical (unpaired) electrons. The molecule has 1 aromatic carbocycles. The van der Waals surface area contributed by atoms with Crippen LogP contribution in [0.3, 0.4) is 0 Å². The van der Waals surface area contributed by atoms with Crippen LogP contribution >= 0.6 is 11.6 Å². The first kappa shape index (κ1) is 14.0. The second-order valence-corrected chi connectivity index (χ2v) is 4.37. The molecule has 1 amide bonds. The van der Waals surface area contributed by atoms with Gasteiger partial charge >= 0.3 is 0 Å². The van der Waals surface area contributed by atoms with Gasteiger partial charge in [0.15, 0.2) is 0 Å². The normalized spacial score (nSPS) is 10.2. The largest absolute Gasteiger partial charge is 0.356 e. The molecule has 2 N–H and O–H groups in total. The van der Waals surface area contributed by atoms with Crippen molar-refractivity contribution in [2.75, 3.05) is 20.1 Å². The van der Waals surface area contributed by atoms with E-state index in [1.807, 2.05) is 31.3 Å². The molecule has 0 aliphatic rings. The SMILES string of the molecule is CNCCCC(=O)NCCc1ccc(Cl)cc1. The van der Waals surface area contributed by atoms with E-state index < -0.39 is 0 Å². The molecular formula is C13H19ClN2O. The molecule has 0 unspecified atom stereocenters. The van der Waals surface area contributed by atoms with Crippen LogP contribution in [0.1, 0.15) is 18.4 Å². The van der Waals surface area contributed by atoms with Gasteiger partial charge < -0.3 is 10.6 Å². The van der Waals surface area contributed by atoms with Gasteiger partial charge in [-0.15, -0.1) is 0 Å². The van der Waals surface area contributed by atoms with Crippen LogP contribution in [0.25, 0.3) is 0 Å². The molecule has 0 spiro atoms. The lowest BCUT2D eigenvalue weighted by atomic mass is 10.1. The highest BCUT2D eigenvalue weighted by Gasteiger charge is 2.00. The molecule has 0 bridgehead atoms. The summed E-state index contributed by atoms with van der Waals surface area (Å²) in [6, 6.07) is 7.70. The smallest absolute Gasteiger partial charge is 0.220 e. The Labute approximate surface area is 108 Å². The summed E-state index contributed by atoms with van der Waals surface area (Å²) in [4.78, 5) is 11.4. The maximum atomic E-state index is 11.4. The summed E-state index contributed by atoms with van der Waals surface area (Å²) in [6.07, 6.45) is 2.31. The van der Waals surface area contributed by atoms with Gasteiger partial charge in [0.1, 0.15) is 0 Å². The molecule has 1 rings (SSSR count).